The second-order valence-electron chi connectivity index (χ2n) is 8.24. The zero-order valence-electron chi connectivity index (χ0n) is 16.6. The number of carbonyl (C=O) groups excluding carboxylic acids is 1. The largest absolute Gasteiger partial charge is 0.332 e. The summed E-state index contributed by atoms with van der Waals surface area (Å²) in [6.07, 6.45) is 5.34. The molecule has 1 N–H and O–H groups in total. The highest BCUT2D eigenvalue weighted by Gasteiger charge is 2.46. The van der Waals surface area contributed by atoms with Crippen molar-refractivity contribution in [3.8, 4) is 11.4 Å². The first-order valence-electron chi connectivity index (χ1n) is 10.2. The lowest BCUT2D eigenvalue weighted by molar-refractivity contribution is -0.00367. The van der Waals surface area contributed by atoms with Crippen LogP contribution >= 0.6 is 0 Å². The number of rotatable bonds is 2. The quantitative estimate of drug-likeness (QED) is 0.870. The number of piperidine rings is 1. The van der Waals surface area contributed by atoms with Gasteiger partial charge in [0.15, 0.2) is 0 Å². The van der Waals surface area contributed by atoms with E-state index in [-0.39, 0.29) is 28.7 Å². The van der Waals surface area contributed by atoms with Crippen LogP contribution in [-0.2, 0) is 0 Å². The molecule has 0 saturated carbocycles. The monoisotopic (exact) mass is 380 g/mol. The summed E-state index contributed by atoms with van der Waals surface area (Å²) in [6.45, 7) is 4.07. The van der Waals surface area contributed by atoms with Crippen LogP contribution in [0.4, 0.5) is 0 Å². The topological polar surface area (TPSA) is 69.3 Å². The number of likely N-dealkylation sites (tertiary alicyclic amines) is 2. The van der Waals surface area contributed by atoms with E-state index in [4.69, 9.17) is 0 Å². The minimum atomic E-state index is -0.296. The summed E-state index contributed by atoms with van der Waals surface area (Å²) in [5.74, 6) is 0.309. The van der Waals surface area contributed by atoms with Crippen LogP contribution in [0.2, 0.25) is 0 Å². The average molecular weight is 380 g/mol. The molecule has 148 valence electrons. The molecule has 6 nitrogen and oxygen atoms in total. The fourth-order valence-corrected chi connectivity index (χ4v) is 4.81. The van der Waals surface area contributed by atoms with E-state index in [1.165, 1.54) is 6.07 Å². The number of hydrogen-bond donors (Lipinski definition) is 1. The lowest BCUT2D eigenvalue weighted by Gasteiger charge is -2.51. The maximum absolute atomic E-state index is 13.4. The fourth-order valence-electron chi connectivity index (χ4n) is 4.81. The van der Waals surface area contributed by atoms with Crippen LogP contribution in [0.3, 0.4) is 0 Å². The van der Waals surface area contributed by atoms with Gasteiger partial charge in [-0.15, -0.1) is 0 Å². The van der Waals surface area contributed by atoms with Crippen molar-refractivity contribution in [2.24, 2.45) is 0 Å². The summed E-state index contributed by atoms with van der Waals surface area (Å²) in [4.78, 5) is 37.4. The molecule has 0 bridgehead atoms. The number of H-pyrrole nitrogens is 1. The number of aromatic amines is 1. The predicted octanol–water partition coefficient (Wildman–Crippen LogP) is 2.92. The SMILES string of the molecule is CN1CCCC[C@@H]2N(C(=O)c3cc(=O)[nH]c(-c4ccccc4)n3)CCC[C@@]21C. The van der Waals surface area contributed by atoms with Gasteiger partial charge < -0.3 is 9.88 Å². The van der Waals surface area contributed by atoms with E-state index in [2.05, 4.69) is 28.8 Å². The number of fused-ring (bicyclic) bond motifs is 1. The molecule has 2 aromatic rings. The minimum absolute atomic E-state index is 0.0200. The van der Waals surface area contributed by atoms with Gasteiger partial charge in [0.2, 0.25) is 0 Å². The summed E-state index contributed by atoms with van der Waals surface area (Å²) in [5.41, 5.74) is 0.717. The Kier molecular flexibility index (Phi) is 5.06. The average Bonchev–Trinajstić information content (AvgIpc) is 2.86. The predicted molar refractivity (Wildman–Crippen MR) is 109 cm³/mol. The van der Waals surface area contributed by atoms with Gasteiger partial charge in [-0.1, -0.05) is 36.8 Å². The van der Waals surface area contributed by atoms with Crippen molar-refractivity contribution in [1.29, 1.82) is 0 Å². The molecular weight excluding hydrogens is 352 g/mol. The number of hydrogen-bond acceptors (Lipinski definition) is 4. The highest BCUT2D eigenvalue weighted by atomic mass is 16.2. The molecule has 0 aliphatic carbocycles. The maximum atomic E-state index is 13.4. The van der Waals surface area contributed by atoms with Gasteiger partial charge in [-0.25, -0.2) is 4.98 Å². The third-order valence-electron chi connectivity index (χ3n) is 6.54. The van der Waals surface area contributed by atoms with Crippen LogP contribution in [0.25, 0.3) is 11.4 Å². The van der Waals surface area contributed by atoms with Gasteiger partial charge in [-0.05, 0) is 46.2 Å². The Hall–Kier alpha value is -2.47. The van der Waals surface area contributed by atoms with Gasteiger partial charge in [0.05, 0.1) is 6.04 Å². The van der Waals surface area contributed by atoms with E-state index in [0.29, 0.717) is 5.82 Å². The number of benzene rings is 1. The van der Waals surface area contributed by atoms with Crippen molar-refractivity contribution in [1.82, 2.24) is 19.8 Å². The number of carbonyl (C=O) groups is 1. The Morgan fingerprint density at radius 2 is 1.96 bits per heavy atom. The molecule has 1 aromatic carbocycles. The van der Waals surface area contributed by atoms with E-state index < -0.39 is 0 Å². The molecule has 0 radical (unpaired) electrons. The molecule has 6 heteroatoms. The first kappa shape index (κ1) is 18.9. The zero-order valence-corrected chi connectivity index (χ0v) is 16.6. The van der Waals surface area contributed by atoms with Crippen LogP contribution in [0, 0.1) is 0 Å². The van der Waals surface area contributed by atoms with Gasteiger partial charge >= 0.3 is 0 Å². The van der Waals surface area contributed by atoms with Gasteiger partial charge in [0, 0.05) is 23.7 Å². The highest BCUT2D eigenvalue weighted by Crippen LogP contribution is 2.37. The first-order valence-corrected chi connectivity index (χ1v) is 10.2. The number of nitrogens with one attached hydrogen (secondary N) is 1. The van der Waals surface area contributed by atoms with E-state index in [0.717, 1.165) is 50.8 Å². The zero-order chi connectivity index (χ0) is 19.7. The molecular formula is C22H28N4O2. The Labute approximate surface area is 165 Å². The van der Waals surface area contributed by atoms with Crippen molar-refractivity contribution < 1.29 is 4.79 Å². The third kappa shape index (κ3) is 3.37. The second kappa shape index (κ2) is 7.51. The Morgan fingerprint density at radius 3 is 2.75 bits per heavy atom. The van der Waals surface area contributed by atoms with Crippen molar-refractivity contribution in [3.63, 3.8) is 0 Å². The van der Waals surface area contributed by atoms with Gasteiger partial charge in [-0.2, -0.15) is 0 Å². The summed E-state index contributed by atoms with van der Waals surface area (Å²) in [7, 11) is 2.17. The van der Waals surface area contributed by atoms with E-state index in [1.807, 2.05) is 35.2 Å². The van der Waals surface area contributed by atoms with E-state index in [9.17, 15) is 9.59 Å². The van der Waals surface area contributed by atoms with Crippen LogP contribution in [0.15, 0.2) is 41.2 Å². The molecule has 1 aromatic heterocycles. The lowest BCUT2D eigenvalue weighted by atomic mass is 9.80. The molecule has 2 fully saturated rings. The molecule has 2 aliphatic rings. The normalized spacial score (nSPS) is 25.8. The van der Waals surface area contributed by atoms with Gasteiger partial charge in [0.1, 0.15) is 11.5 Å². The molecule has 2 saturated heterocycles. The van der Waals surface area contributed by atoms with Crippen molar-refractivity contribution in [2.75, 3.05) is 20.1 Å². The molecule has 0 spiro atoms. The summed E-state index contributed by atoms with van der Waals surface area (Å²) >= 11 is 0. The Balaban J connectivity index is 1.69. The fraction of sp³-hybridized carbons (Fsp3) is 0.500. The van der Waals surface area contributed by atoms with E-state index >= 15 is 0 Å². The second-order valence-corrected chi connectivity index (χ2v) is 8.24. The molecule has 3 heterocycles. The van der Waals surface area contributed by atoms with Crippen LogP contribution in [0.5, 0.6) is 0 Å². The Morgan fingerprint density at radius 1 is 1.18 bits per heavy atom. The van der Waals surface area contributed by atoms with Gasteiger partial charge in [0.25, 0.3) is 11.5 Å². The number of amides is 1. The van der Waals surface area contributed by atoms with Crippen LogP contribution < -0.4 is 5.56 Å². The molecule has 4 rings (SSSR count). The molecule has 1 amide bonds. The maximum Gasteiger partial charge on any atom is 0.273 e. The van der Waals surface area contributed by atoms with Crippen LogP contribution in [-0.4, -0.2) is 57.4 Å². The third-order valence-corrected chi connectivity index (χ3v) is 6.54. The number of likely N-dealkylation sites (N-methyl/N-ethyl adjacent to an activating group) is 1. The highest BCUT2D eigenvalue weighted by molar-refractivity contribution is 5.93. The van der Waals surface area contributed by atoms with Gasteiger partial charge in [-0.3, -0.25) is 14.5 Å². The van der Waals surface area contributed by atoms with Crippen LogP contribution in [0.1, 0.15) is 49.5 Å². The first-order chi connectivity index (χ1) is 13.5. The molecule has 28 heavy (non-hydrogen) atoms. The van der Waals surface area contributed by atoms with Crippen molar-refractivity contribution in [2.45, 2.75) is 50.6 Å². The minimum Gasteiger partial charge on any atom is -0.332 e. The summed E-state index contributed by atoms with van der Waals surface area (Å²) in [6, 6.07) is 10.9. The summed E-state index contributed by atoms with van der Waals surface area (Å²) in [5, 5.41) is 0. The van der Waals surface area contributed by atoms with Crippen molar-refractivity contribution in [3.05, 3.63) is 52.4 Å². The molecule has 0 unspecified atom stereocenters. The number of nitrogens with zero attached hydrogens (tertiary/aromatic N) is 3. The number of aromatic nitrogens is 2. The van der Waals surface area contributed by atoms with Crippen molar-refractivity contribution >= 4 is 5.91 Å². The lowest BCUT2D eigenvalue weighted by Crippen LogP contribution is -2.63. The smallest absolute Gasteiger partial charge is 0.273 e. The summed E-state index contributed by atoms with van der Waals surface area (Å²) < 4.78 is 0. The Bertz CT molecular complexity index is 910. The standard InChI is InChI=1S/C22H28N4O2/c1-22-12-8-14-26(18(22)11-6-7-13-25(22)2)21(28)17-15-19(27)24-20(23-17)16-9-4-3-5-10-16/h3-5,9-10,15,18H,6-8,11-14H2,1-2H3,(H,23,24,27)/t18-,22-/m0/s1. The molecule has 2 aliphatic heterocycles. The van der Waals surface area contributed by atoms with E-state index in [1.54, 1.807) is 0 Å². The molecule has 2 atom stereocenters.